The number of aliphatic carboxylic acids is 1. The monoisotopic (exact) mass is 226 g/mol. The van der Waals surface area contributed by atoms with Crippen LogP contribution in [0, 0.1) is 6.92 Å². The Balaban J connectivity index is 2.70. The summed E-state index contributed by atoms with van der Waals surface area (Å²) in [4.78, 5) is 11.1. The molecule has 0 saturated carbocycles. The van der Waals surface area contributed by atoms with Gasteiger partial charge in [-0.25, -0.2) is 0 Å². The van der Waals surface area contributed by atoms with E-state index < -0.39 is 11.5 Å². The zero-order chi connectivity index (χ0) is 12.3. The van der Waals surface area contributed by atoms with E-state index in [1.54, 1.807) is 6.92 Å². The Kier molecular flexibility index (Phi) is 3.64. The third kappa shape index (κ3) is 2.38. The van der Waals surface area contributed by atoms with Crippen LogP contribution in [-0.4, -0.2) is 31.4 Å². The summed E-state index contributed by atoms with van der Waals surface area (Å²) in [5.74, 6) is 0.692. The molecule has 6 nitrogen and oxygen atoms in total. The summed E-state index contributed by atoms with van der Waals surface area (Å²) in [6.45, 7) is 5.75. The van der Waals surface area contributed by atoms with Crippen LogP contribution in [-0.2, 0) is 18.4 Å². The van der Waals surface area contributed by atoms with Crippen molar-refractivity contribution in [2.75, 3.05) is 0 Å². The highest BCUT2D eigenvalue weighted by Crippen LogP contribution is 2.10. The average molecular weight is 226 g/mol. The molecule has 1 heterocycles. The van der Waals surface area contributed by atoms with Gasteiger partial charge in [0.1, 0.15) is 17.2 Å². The van der Waals surface area contributed by atoms with Crippen LogP contribution in [0.2, 0.25) is 0 Å². The molecular formula is C10H18N4O2. The van der Waals surface area contributed by atoms with Gasteiger partial charge in [-0.2, -0.15) is 0 Å². The van der Waals surface area contributed by atoms with Crippen molar-refractivity contribution in [3.8, 4) is 0 Å². The topological polar surface area (TPSA) is 80.0 Å². The minimum absolute atomic E-state index is 0.397. The van der Waals surface area contributed by atoms with Gasteiger partial charge >= 0.3 is 5.97 Å². The van der Waals surface area contributed by atoms with E-state index in [1.165, 1.54) is 0 Å². The summed E-state index contributed by atoms with van der Waals surface area (Å²) in [6, 6.07) is 0. The van der Waals surface area contributed by atoms with E-state index in [2.05, 4.69) is 15.5 Å². The van der Waals surface area contributed by atoms with Gasteiger partial charge in [-0.1, -0.05) is 6.92 Å². The first-order valence-electron chi connectivity index (χ1n) is 5.24. The second-order valence-corrected chi connectivity index (χ2v) is 4.07. The molecule has 90 valence electrons. The second kappa shape index (κ2) is 4.61. The normalized spacial score (nSPS) is 14.8. The fraction of sp³-hybridized carbons (Fsp3) is 0.700. The van der Waals surface area contributed by atoms with Crippen LogP contribution in [0.15, 0.2) is 0 Å². The first-order chi connectivity index (χ1) is 7.40. The standard InChI is InChI=1S/C10H18N4O2/c1-5-10(3,9(15)16)11-6-8-13-12-7(2)14(8)4/h11H,5-6H2,1-4H3,(H,15,16). The SMILES string of the molecule is CCC(C)(NCc1nnc(C)n1C)C(=O)O. The minimum atomic E-state index is -0.917. The second-order valence-electron chi connectivity index (χ2n) is 4.07. The number of hydrogen-bond donors (Lipinski definition) is 2. The van der Waals surface area contributed by atoms with Crippen LogP contribution in [0.25, 0.3) is 0 Å². The lowest BCUT2D eigenvalue weighted by atomic mass is 9.99. The van der Waals surface area contributed by atoms with Gasteiger partial charge in [0, 0.05) is 7.05 Å². The number of carboxylic acid groups (broad SMARTS) is 1. The number of aryl methyl sites for hydroxylation is 1. The summed E-state index contributed by atoms with van der Waals surface area (Å²) < 4.78 is 1.84. The van der Waals surface area contributed by atoms with E-state index in [4.69, 9.17) is 5.11 Å². The third-order valence-electron chi connectivity index (χ3n) is 3.00. The van der Waals surface area contributed by atoms with Crippen molar-refractivity contribution in [1.82, 2.24) is 20.1 Å². The molecule has 1 aromatic rings. The maximum Gasteiger partial charge on any atom is 0.323 e. The molecule has 0 aromatic carbocycles. The van der Waals surface area contributed by atoms with E-state index in [0.717, 1.165) is 11.6 Å². The van der Waals surface area contributed by atoms with Gasteiger partial charge in [-0.15, -0.1) is 10.2 Å². The predicted octanol–water partition coefficient (Wildman–Crippen LogP) is 0.466. The lowest BCUT2D eigenvalue weighted by molar-refractivity contribution is -0.144. The van der Waals surface area contributed by atoms with Gasteiger partial charge < -0.3 is 9.67 Å². The van der Waals surface area contributed by atoms with E-state index in [9.17, 15) is 4.79 Å². The highest BCUT2D eigenvalue weighted by molar-refractivity contribution is 5.78. The number of carbonyl (C=O) groups is 1. The fourth-order valence-electron chi connectivity index (χ4n) is 1.23. The molecule has 16 heavy (non-hydrogen) atoms. The molecule has 1 rings (SSSR count). The molecule has 0 fully saturated rings. The van der Waals surface area contributed by atoms with Crippen molar-refractivity contribution in [2.45, 2.75) is 39.3 Å². The molecule has 0 bridgehead atoms. The molecule has 1 atom stereocenters. The number of aromatic nitrogens is 3. The highest BCUT2D eigenvalue weighted by atomic mass is 16.4. The smallest absolute Gasteiger partial charge is 0.323 e. The van der Waals surface area contributed by atoms with Crippen LogP contribution in [0.3, 0.4) is 0 Å². The number of rotatable bonds is 5. The quantitative estimate of drug-likeness (QED) is 0.762. The summed E-state index contributed by atoms with van der Waals surface area (Å²) in [7, 11) is 1.86. The van der Waals surface area contributed by atoms with E-state index in [0.29, 0.717) is 13.0 Å². The van der Waals surface area contributed by atoms with Gasteiger partial charge in [-0.3, -0.25) is 10.1 Å². The van der Waals surface area contributed by atoms with E-state index in [1.807, 2.05) is 25.5 Å². The van der Waals surface area contributed by atoms with Crippen LogP contribution in [0.1, 0.15) is 31.9 Å². The number of nitrogens with zero attached hydrogens (tertiary/aromatic N) is 3. The zero-order valence-corrected chi connectivity index (χ0v) is 10.1. The minimum Gasteiger partial charge on any atom is -0.480 e. The van der Waals surface area contributed by atoms with Crippen molar-refractivity contribution in [1.29, 1.82) is 0 Å². The van der Waals surface area contributed by atoms with Crippen molar-refractivity contribution in [3.05, 3.63) is 11.6 Å². The van der Waals surface area contributed by atoms with Crippen LogP contribution in [0.4, 0.5) is 0 Å². The molecular weight excluding hydrogens is 208 g/mol. The van der Waals surface area contributed by atoms with Gasteiger partial charge in [0.15, 0.2) is 0 Å². The number of carboxylic acids is 1. The highest BCUT2D eigenvalue weighted by Gasteiger charge is 2.30. The largest absolute Gasteiger partial charge is 0.480 e. The van der Waals surface area contributed by atoms with Crippen molar-refractivity contribution < 1.29 is 9.90 Å². The van der Waals surface area contributed by atoms with Crippen LogP contribution >= 0.6 is 0 Å². The van der Waals surface area contributed by atoms with Crippen LogP contribution in [0.5, 0.6) is 0 Å². The molecule has 1 aromatic heterocycles. The first-order valence-corrected chi connectivity index (χ1v) is 5.24. The fourth-order valence-corrected chi connectivity index (χ4v) is 1.23. The Morgan fingerprint density at radius 2 is 2.19 bits per heavy atom. The molecule has 0 saturated heterocycles. The molecule has 0 aliphatic carbocycles. The zero-order valence-electron chi connectivity index (χ0n) is 10.1. The van der Waals surface area contributed by atoms with Gasteiger partial charge in [0.05, 0.1) is 6.54 Å². The maximum atomic E-state index is 11.1. The van der Waals surface area contributed by atoms with Gasteiger partial charge in [0.2, 0.25) is 0 Å². The van der Waals surface area contributed by atoms with Crippen molar-refractivity contribution in [3.63, 3.8) is 0 Å². The lowest BCUT2D eigenvalue weighted by Crippen LogP contribution is -2.48. The Hall–Kier alpha value is -1.43. The maximum absolute atomic E-state index is 11.1. The lowest BCUT2D eigenvalue weighted by Gasteiger charge is -2.24. The van der Waals surface area contributed by atoms with Gasteiger partial charge in [0.25, 0.3) is 0 Å². The van der Waals surface area contributed by atoms with Crippen molar-refractivity contribution in [2.24, 2.45) is 7.05 Å². The Morgan fingerprint density at radius 1 is 1.56 bits per heavy atom. The third-order valence-corrected chi connectivity index (χ3v) is 3.00. The number of nitrogens with one attached hydrogen (secondary N) is 1. The first kappa shape index (κ1) is 12.6. The average Bonchev–Trinajstić information content (AvgIpc) is 2.56. The predicted molar refractivity (Wildman–Crippen MR) is 58.9 cm³/mol. The molecule has 6 heteroatoms. The molecule has 0 radical (unpaired) electrons. The summed E-state index contributed by atoms with van der Waals surface area (Å²) in [5, 5.41) is 20.0. The van der Waals surface area contributed by atoms with E-state index in [-0.39, 0.29) is 0 Å². The molecule has 0 amide bonds. The van der Waals surface area contributed by atoms with Crippen molar-refractivity contribution >= 4 is 5.97 Å². The van der Waals surface area contributed by atoms with Gasteiger partial charge in [-0.05, 0) is 20.3 Å². The van der Waals surface area contributed by atoms with Crippen LogP contribution < -0.4 is 5.32 Å². The molecule has 0 spiro atoms. The summed E-state index contributed by atoms with van der Waals surface area (Å²) in [5.41, 5.74) is -0.917. The van der Waals surface area contributed by atoms with E-state index >= 15 is 0 Å². The molecule has 2 N–H and O–H groups in total. The molecule has 1 unspecified atom stereocenters. The molecule has 0 aliphatic rings. The molecule has 0 aliphatic heterocycles. The summed E-state index contributed by atoms with van der Waals surface area (Å²) in [6.07, 6.45) is 0.513. The summed E-state index contributed by atoms with van der Waals surface area (Å²) >= 11 is 0. The Labute approximate surface area is 94.7 Å². The Bertz CT molecular complexity index is 388. The Morgan fingerprint density at radius 3 is 2.56 bits per heavy atom. The number of hydrogen-bond acceptors (Lipinski definition) is 4.